The van der Waals surface area contributed by atoms with Crippen LogP contribution in [0.5, 0.6) is 5.75 Å². The molecule has 5 heteroatoms. The molecule has 1 aromatic carbocycles. The molecule has 2 N–H and O–H groups in total. The Kier molecular flexibility index (Phi) is 4.96. The Morgan fingerprint density at radius 3 is 2.79 bits per heavy atom. The molecule has 104 valence electrons. The van der Waals surface area contributed by atoms with Gasteiger partial charge in [0.1, 0.15) is 11.6 Å². The molecule has 19 heavy (non-hydrogen) atoms. The molecule has 0 spiro atoms. The maximum Gasteiger partial charge on any atom is 0.141 e. The summed E-state index contributed by atoms with van der Waals surface area (Å²) in [7, 11) is 0. The summed E-state index contributed by atoms with van der Waals surface area (Å²) in [4.78, 5) is 2.29. The lowest BCUT2D eigenvalue weighted by Gasteiger charge is -2.35. The topological polar surface area (TPSA) is 35.5 Å². The van der Waals surface area contributed by atoms with Gasteiger partial charge in [-0.05, 0) is 28.4 Å². The normalized spacial score (nSPS) is 18.2. The molecule has 0 amide bonds. The van der Waals surface area contributed by atoms with E-state index in [1.54, 1.807) is 6.07 Å². The summed E-state index contributed by atoms with van der Waals surface area (Å²) in [6.07, 6.45) is 2.56. The van der Waals surface area contributed by atoms with Crippen LogP contribution in [0.3, 0.4) is 0 Å². The van der Waals surface area contributed by atoms with Crippen molar-refractivity contribution in [2.24, 2.45) is 0 Å². The number of nitrogens with zero attached hydrogens (tertiary/aromatic N) is 1. The summed E-state index contributed by atoms with van der Waals surface area (Å²) < 4.78 is 13.5. The largest absolute Gasteiger partial charge is 0.506 e. The first-order valence-electron chi connectivity index (χ1n) is 6.37. The fourth-order valence-corrected chi connectivity index (χ4v) is 2.81. The highest BCUT2D eigenvalue weighted by Gasteiger charge is 2.25. The summed E-state index contributed by atoms with van der Waals surface area (Å²) in [5.41, 5.74) is 0.745. The van der Waals surface area contributed by atoms with Crippen molar-refractivity contribution in [2.75, 3.05) is 26.2 Å². The number of hydrogen-bond donors (Lipinski definition) is 2. The van der Waals surface area contributed by atoms with E-state index in [0.717, 1.165) is 38.2 Å². The molecule has 0 aliphatic carbocycles. The third-order valence-electron chi connectivity index (χ3n) is 3.44. The number of hydrogen-bond acceptors (Lipinski definition) is 3. The lowest BCUT2D eigenvalue weighted by atomic mass is 10.00. The van der Waals surface area contributed by atoms with Gasteiger partial charge in [-0.3, -0.25) is 4.90 Å². The van der Waals surface area contributed by atoms with Crippen LogP contribution in [0.15, 0.2) is 29.3 Å². The number of halogens is 2. The van der Waals surface area contributed by atoms with Crippen molar-refractivity contribution in [2.45, 2.75) is 12.5 Å². The van der Waals surface area contributed by atoms with Crippen LogP contribution in [0.2, 0.25) is 0 Å². The second-order valence-electron chi connectivity index (χ2n) is 4.63. The average molecular weight is 329 g/mol. The van der Waals surface area contributed by atoms with Crippen LogP contribution in [-0.4, -0.2) is 36.2 Å². The molecule has 1 atom stereocenters. The van der Waals surface area contributed by atoms with E-state index in [9.17, 15) is 9.50 Å². The highest BCUT2D eigenvalue weighted by molar-refractivity contribution is 9.10. The molecule has 0 unspecified atom stereocenters. The second-order valence-corrected chi connectivity index (χ2v) is 5.42. The van der Waals surface area contributed by atoms with Crippen LogP contribution in [0, 0.1) is 5.82 Å². The molecule has 1 aliphatic heterocycles. The molecule has 0 bridgehead atoms. The van der Waals surface area contributed by atoms with Gasteiger partial charge in [-0.25, -0.2) is 4.39 Å². The molecule has 2 rings (SSSR count). The number of nitrogens with one attached hydrogen (secondary N) is 1. The SMILES string of the molecule is C=CC[C@@H](c1ccc(F)c(Br)c1O)N1CCNCC1. The average Bonchev–Trinajstić information content (AvgIpc) is 2.44. The van der Waals surface area contributed by atoms with Gasteiger partial charge in [0.05, 0.1) is 4.47 Å². The van der Waals surface area contributed by atoms with Gasteiger partial charge in [0.15, 0.2) is 0 Å². The van der Waals surface area contributed by atoms with Gasteiger partial charge in [0.2, 0.25) is 0 Å². The Morgan fingerprint density at radius 1 is 1.47 bits per heavy atom. The van der Waals surface area contributed by atoms with Gasteiger partial charge in [0.25, 0.3) is 0 Å². The van der Waals surface area contributed by atoms with Crippen LogP contribution < -0.4 is 5.32 Å². The van der Waals surface area contributed by atoms with Crippen LogP contribution in [0.1, 0.15) is 18.0 Å². The van der Waals surface area contributed by atoms with Crippen molar-refractivity contribution in [1.29, 1.82) is 0 Å². The number of benzene rings is 1. The molecular formula is C14H18BrFN2O. The minimum Gasteiger partial charge on any atom is -0.506 e. The van der Waals surface area contributed by atoms with E-state index in [0.29, 0.717) is 0 Å². The van der Waals surface area contributed by atoms with Crippen molar-refractivity contribution in [3.05, 3.63) is 40.6 Å². The highest BCUT2D eigenvalue weighted by Crippen LogP contribution is 2.37. The standard InChI is InChI=1S/C14H18BrFN2O/c1-2-3-12(18-8-6-17-7-9-18)10-4-5-11(16)13(15)14(10)19/h2,4-5,12,17,19H,1,3,6-9H2/t12-/m0/s1. The van der Waals surface area contributed by atoms with E-state index >= 15 is 0 Å². The third kappa shape index (κ3) is 3.16. The Labute approximate surface area is 121 Å². The van der Waals surface area contributed by atoms with Gasteiger partial charge in [-0.15, -0.1) is 6.58 Å². The minimum atomic E-state index is -0.445. The first-order chi connectivity index (χ1) is 9.15. The van der Waals surface area contributed by atoms with Crippen LogP contribution in [0.4, 0.5) is 4.39 Å². The van der Waals surface area contributed by atoms with Gasteiger partial charge in [-0.2, -0.15) is 0 Å². The van der Waals surface area contributed by atoms with Gasteiger partial charge < -0.3 is 10.4 Å². The Hall–Kier alpha value is -0.910. The van der Waals surface area contributed by atoms with Crippen molar-refractivity contribution < 1.29 is 9.50 Å². The van der Waals surface area contributed by atoms with Gasteiger partial charge in [0, 0.05) is 37.8 Å². The predicted molar refractivity (Wildman–Crippen MR) is 77.8 cm³/mol. The molecule has 1 aromatic rings. The zero-order valence-electron chi connectivity index (χ0n) is 10.7. The summed E-state index contributed by atoms with van der Waals surface area (Å²) in [6.45, 7) is 7.45. The number of piperazine rings is 1. The van der Waals surface area contributed by atoms with Crippen molar-refractivity contribution in [3.63, 3.8) is 0 Å². The molecular weight excluding hydrogens is 311 g/mol. The summed E-state index contributed by atoms with van der Waals surface area (Å²) in [6, 6.07) is 3.08. The summed E-state index contributed by atoms with van der Waals surface area (Å²) in [5.74, 6) is -0.454. The molecule has 1 fully saturated rings. The molecule has 0 saturated carbocycles. The molecule has 1 saturated heterocycles. The third-order valence-corrected chi connectivity index (χ3v) is 4.20. The van der Waals surface area contributed by atoms with Crippen LogP contribution in [0.25, 0.3) is 0 Å². The molecule has 0 aromatic heterocycles. The van der Waals surface area contributed by atoms with Crippen molar-refractivity contribution >= 4 is 15.9 Å². The van der Waals surface area contributed by atoms with Gasteiger partial charge in [-0.1, -0.05) is 12.1 Å². The van der Waals surface area contributed by atoms with Crippen molar-refractivity contribution in [3.8, 4) is 5.75 Å². The maximum absolute atomic E-state index is 13.4. The minimum absolute atomic E-state index is 0.00890. The first kappa shape index (κ1) is 14.5. The lowest BCUT2D eigenvalue weighted by molar-refractivity contribution is 0.171. The second kappa shape index (κ2) is 6.50. The zero-order valence-corrected chi connectivity index (χ0v) is 12.3. The molecule has 0 radical (unpaired) electrons. The lowest BCUT2D eigenvalue weighted by Crippen LogP contribution is -2.45. The molecule has 3 nitrogen and oxygen atoms in total. The molecule has 1 heterocycles. The first-order valence-corrected chi connectivity index (χ1v) is 7.17. The number of aromatic hydroxyl groups is 1. The Morgan fingerprint density at radius 2 is 2.16 bits per heavy atom. The van der Waals surface area contributed by atoms with Gasteiger partial charge >= 0.3 is 0 Å². The fraction of sp³-hybridized carbons (Fsp3) is 0.429. The van der Waals surface area contributed by atoms with E-state index in [1.165, 1.54) is 6.07 Å². The maximum atomic E-state index is 13.4. The number of phenolic OH excluding ortho intramolecular Hbond substituents is 1. The molecule has 1 aliphatic rings. The Balaban J connectivity index is 2.32. The number of phenols is 1. The quantitative estimate of drug-likeness (QED) is 0.834. The summed E-state index contributed by atoms with van der Waals surface area (Å²) in [5, 5.41) is 13.4. The zero-order chi connectivity index (χ0) is 13.8. The number of rotatable bonds is 4. The van der Waals surface area contributed by atoms with E-state index in [4.69, 9.17) is 0 Å². The van der Waals surface area contributed by atoms with E-state index < -0.39 is 5.82 Å². The van der Waals surface area contributed by atoms with E-state index in [2.05, 4.69) is 32.7 Å². The predicted octanol–water partition coefficient (Wildman–Crippen LogP) is 2.82. The fourth-order valence-electron chi connectivity index (χ4n) is 2.45. The van der Waals surface area contributed by atoms with Crippen LogP contribution in [-0.2, 0) is 0 Å². The summed E-state index contributed by atoms with van der Waals surface area (Å²) >= 11 is 3.09. The highest BCUT2D eigenvalue weighted by atomic mass is 79.9. The van der Waals surface area contributed by atoms with E-state index in [1.807, 2.05) is 6.08 Å². The monoisotopic (exact) mass is 328 g/mol. The van der Waals surface area contributed by atoms with Crippen LogP contribution >= 0.6 is 15.9 Å². The smallest absolute Gasteiger partial charge is 0.141 e. The Bertz CT molecular complexity index is 461. The van der Waals surface area contributed by atoms with E-state index in [-0.39, 0.29) is 16.3 Å². The van der Waals surface area contributed by atoms with Crippen molar-refractivity contribution in [1.82, 2.24) is 10.2 Å².